The molecular formula is C26H30N2O2S. The Bertz CT molecular complexity index is 1030. The number of carbonyl (C=O) groups excluding carboxylic acids is 1. The first-order valence-electron chi connectivity index (χ1n) is 11.5. The molecule has 162 valence electrons. The van der Waals surface area contributed by atoms with Crippen LogP contribution in [0.5, 0.6) is 0 Å². The maximum atomic E-state index is 12.9. The number of nitrogens with one attached hydrogen (secondary N) is 1. The van der Waals surface area contributed by atoms with Crippen molar-refractivity contribution in [2.75, 3.05) is 18.4 Å². The highest BCUT2D eigenvalue weighted by molar-refractivity contribution is 7.16. The summed E-state index contributed by atoms with van der Waals surface area (Å²) in [7, 11) is 0. The van der Waals surface area contributed by atoms with Gasteiger partial charge in [0.1, 0.15) is 5.00 Å². The maximum absolute atomic E-state index is 12.9. The summed E-state index contributed by atoms with van der Waals surface area (Å²) in [5.41, 5.74) is 5.40. The molecule has 1 amide bonds. The molecule has 3 heterocycles. The molecule has 0 radical (unpaired) electrons. The van der Waals surface area contributed by atoms with Crippen LogP contribution >= 0.6 is 11.3 Å². The summed E-state index contributed by atoms with van der Waals surface area (Å²) >= 11 is 1.78. The van der Waals surface area contributed by atoms with Gasteiger partial charge < -0.3 is 9.73 Å². The van der Waals surface area contributed by atoms with Gasteiger partial charge in [0.25, 0.3) is 5.91 Å². The van der Waals surface area contributed by atoms with Crippen LogP contribution in [0.1, 0.15) is 75.8 Å². The van der Waals surface area contributed by atoms with Crippen LogP contribution in [0.2, 0.25) is 0 Å². The molecule has 0 bridgehead atoms. The van der Waals surface area contributed by atoms with Gasteiger partial charge in [-0.1, -0.05) is 36.2 Å². The summed E-state index contributed by atoms with van der Waals surface area (Å²) in [4.78, 5) is 17.0. The lowest BCUT2D eigenvalue weighted by Crippen LogP contribution is -2.35. The molecule has 31 heavy (non-hydrogen) atoms. The van der Waals surface area contributed by atoms with Gasteiger partial charge in [-0.25, -0.2) is 0 Å². The fourth-order valence-electron chi connectivity index (χ4n) is 5.03. The Balaban J connectivity index is 1.60. The number of thiophene rings is 1. The Labute approximate surface area is 188 Å². The number of carbonyl (C=O) groups is 1. The first kappa shape index (κ1) is 20.5. The van der Waals surface area contributed by atoms with Gasteiger partial charge >= 0.3 is 0 Å². The summed E-state index contributed by atoms with van der Waals surface area (Å²) in [5.74, 6) is 0.202. The van der Waals surface area contributed by atoms with Crippen molar-refractivity contribution in [1.82, 2.24) is 4.90 Å². The Morgan fingerprint density at radius 1 is 1.03 bits per heavy atom. The zero-order valence-corrected chi connectivity index (χ0v) is 19.0. The van der Waals surface area contributed by atoms with Gasteiger partial charge in [0, 0.05) is 10.4 Å². The SMILES string of the molecule is Cc1ccc([C@@H](c2c(NC(=O)c3ccco3)sc3c2CCCC3)N2CCCCC2)cc1. The van der Waals surface area contributed by atoms with E-state index in [2.05, 4.69) is 41.4 Å². The molecule has 3 aromatic rings. The van der Waals surface area contributed by atoms with Crippen molar-refractivity contribution >= 4 is 22.2 Å². The predicted molar refractivity (Wildman–Crippen MR) is 126 cm³/mol. The van der Waals surface area contributed by atoms with Gasteiger partial charge in [-0.2, -0.15) is 0 Å². The van der Waals surface area contributed by atoms with E-state index in [1.807, 2.05) is 0 Å². The molecule has 0 saturated carbocycles. The van der Waals surface area contributed by atoms with Gasteiger partial charge in [0.15, 0.2) is 5.76 Å². The van der Waals surface area contributed by atoms with Crippen LogP contribution in [0.3, 0.4) is 0 Å². The highest BCUT2D eigenvalue weighted by atomic mass is 32.1. The van der Waals surface area contributed by atoms with E-state index in [0.717, 1.165) is 30.9 Å². The molecule has 2 aliphatic rings. The number of benzene rings is 1. The number of hydrogen-bond donors (Lipinski definition) is 1. The van der Waals surface area contributed by atoms with Crippen LogP contribution in [0.4, 0.5) is 5.00 Å². The van der Waals surface area contributed by atoms with Crippen LogP contribution in [0.15, 0.2) is 47.1 Å². The number of anilines is 1. The van der Waals surface area contributed by atoms with E-state index in [9.17, 15) is 4.79 Å². The Kier molecular flexibility index (Phi) is 5.97. The lowest BCUT2D eigenvalue weighted by molar-refractivity contribution is 0.0996. The zero-order chi connectivity index (χ0) is 21.2. The molecule has 1 N–H and O–H groups in total. The Hall–Kier alpha value is -2.37. The Morgan fingerprint density at radius 2 is 1.81 bits per heavy atom. The smallest absolute Gasteiger partial charge is 0.291 e. The van der Waals surface area contributed by atoms with Crippen LogP contribution in [-0.2, 0) is 12.8 Å². The molecule has 1 aliphatic carbocycles. The van der Waals surface area contributed by atoms with Crippen molar-refractivity contribution in [1.29, 1.82) is 0 Å². The number of amides is 1. The number of aryl methyl sites for hydroxylation is 2. The van der Waals surface area contributed by atoms with E-state index in [1.165, 1.54) is 59.2 Å². The molecule has 5 heteroatoms. The topological polar surface area (TPSA) is 45.5 Å². The quantitative estimate of drug-likeness (QED) is 0.508. The maximum Gasteiger partial charge on any atom is 0.291 e. The molecule has 1 aliphatic heterocycles. The number of likely N-dealkylation sites (tertiary alicyclic amines) is 1. The minimum absolute atomic E-state index is 0.161. The van der Waals surface area contributed by atoms with Crippen molar-refractivity contribution in [3.05, 3.63) is 75.6 Å². The molecular weight excluding hydrogens is 404 g/mol. The number of hydrogen-bond acceptors (Lipinski definition) is 4. The van der Waals surface area contributed by atoms with Crippen molar-refractivity contribution < 1.29 is 9.21 Å². The van der Waals surface area contributed by atoms with Gasteiger partial charge in [0.05, 0.1) is 12.3 Å². The first-order chi connectivity index (χ1) is 15.2. The Morgan fingerprint density at radius 3 is 2.55 bits per heavy atom. The lowest BCUT2D eigenvalue weighted by atomic mass is 9.88. The average Bonchev–Trinajstić information content (AvgIpc) is 3.45. The van der Waals surface area contributed by atoms with Gasteiger partial charge in [-0.05, 0) is 81.8 Å². The van der Waals surface area contributed by atoms with Crippen LogP contribution in [0, 0.1) is 6.92 Å². The highest BCUT2D eigenvalue weighted by Gasteiger charge is 2.32. The van der Waals surface area contributed by atoms with Crippen LogP contribution in [0.25, 0.3) is 0 Å². The second-order valence-corrected chi connectivity index (χ2v) is 9.90. The zero-order valence-electron chi connectivity index (χ0n) is 18.2. The van der Waals surface area contributed by atoms with Gasteiger partial charge in [-0.15, -0.1) is 11.3 Å². The van der Waals surface area contributed by atoms with Crippen LogP contribution in [-0.4, -0.2) is 23.9 Å². The summed E-state index contributed by atoms with van der Waals surface area (Å²) in [6.45, 7) is 4.35. The fourth-order valence-corrected chi connectivity index (χ4v) is 6.35. The molecule has 2 aromatic heterocycles. The van der Waals surface area contributed by atoms with Crippen molar-refractivity contribution in [3.63, 3.8) is 0 Å². The molecule has 0 spiro atoms. The number of rotatable bonds is 5. The average molecular weight is 435 g/mol. The molecule has 0 unspecified atom stereocenters. The normalized spacial score (nSPS) is 17.8. The van der Waals surface area contributed by atoms with E-state index in [-0.39, 0.29) is 11.9 Å². The molecule has 1 fully saturated rings. The molecule has 1 atom stereocenters. The lowest BCUT2D eigenvalue weighted by Gasteiger charge is -2.36. The van der Waals surface area contributed by atoms with E-state index in [1.54, 1.807) is 29.7 Å². The summed E-state index contributed by atoms with van der Waals surface area (Å²) in [6.07, 6.45) is 10.0. The number of fused-ring (bicyclic) bond motifs is 1. The summed E-state index contributed by atoms with van der Waals surface area (Å²) in [5, 5.41) is 4.23. The fraction of sp³-hybridized carbons (Fsp3) is 0.423. The van der Waals surface area contributed by atoms with Crippen LogP contribution < -0.4 is 5.32 Å². The predicted octanol–water partition coefficient (Wildman–Crippen LogP) is 6.36. The molecule has 5 rings (SSSR count). The third-order valence-electron chi connectivity index (χ3n) is 6.61. The molecule has 1 aromatic carbocycles. The largest absolute Gasteiger partial charge is 0.459 e. The van der Waals surface area contributed by atoms with Gasteiger partial charge in [0.2, 0.25) is 0 Å². The van der Waals surface area contributed by atoms with Crippen molar-refractivity contribution in [3.8, 4) is 0 Å². The highest BCUT2D eigenvalue weighted by Crippen LogP contribution is 2.46. The molecule has 4 nitrogen and oxygen atoms in total. The molecule has 1 saturated heterocycles. The monoisotopic (exact) mass is 434 g/mol. The van der Waals surface area contributed by atoms with E-state index in [0.29, 0.717) is 5.76 Å². The van der Waals surface area contributed by atoms with Crippen molar-refractivity contribution in [2.45, 2.75) is 57.9 Å². The van der Waals surface area contributed by atoms with E-state index in [4.69, 9.17) is 4.42 Å². The summed E-state index contributed by atoms with van der Waals surface area (Å²) < 4.78 is 5.37. The second-order valence-electron chi connectivity index (χ2n) is 8.79. The standard InChI is InChI=1S/C26H30N2O2S/c1-18-11-13-19(14-12-18)24(28-15-5-2-6-16-28)23-20-8-3-4-10-22(20)31-26(23)27-25(29)21-9-7-17-30-21/h7,9,11-14,17,24H,2-6,8,10,15-16H2,1H3,(H,27,29)/t24-/m0/s1. The number of furan rings is 1. The summed E-state index contributed by atoms with van der Waals surface area (Å²) in [6, 6.07) is 12.7. The first-order valence-corrected chi connectivity index (χ1v) is 12.3. The minimum Gasteiger partial charge on any atom is -0.459 e. The second kappa shape index (κ2) is 9.01. The number of piperidine rings is 1. The van der Waals surface area contributed by atoms with E-state index >= 15 is 0 Å². The third-order valence-corrected chi connectivity index (χ3v) is 7.83. The number of nitrogens with zero attached hydrogens (tertiary/aromatic N) is 1. The van der Waals surface area contributed by atoms with Crippen molar-refractivity contribution in [2.24, 2.45) is 0 Å². The third kappa shape index (κ3) is 4.21. The van der Waals surface area contributed by atoms with E-state index < -0.39 is 0 Å². The van der Waals surface area contributed by atoms with Gasteiger partial charge in [-0.3, -0.25) is 9.69 Å². The minimum atomic E-state index is -0.161.